The molecule has 0 saturated carbocycles. The molecule has 7 heteroatoms. The van der Waals surface area contributed by atoms with Gasteiger partial charge in [0.1, 0.15) is 0 Å². The average Bonchev–Trinajstić information content (AvgIpc) is 3.20. The highest BCUT2D eigenvalue weighted by Gasteiger charge is 2.22. The Morgan fingerprint density at radius 2 is 1.82 bits per heavy atom. The number of fused-ring (bicyclic) bond motifs is 1. The predicted octanol–water partition coefficient (Wildman–Crippen LogP) is 4.93. The molecule has 0 aliphatic carbocycles. The first-order valence-corrected chi connectivity index (χ1v) is 12.5. The van der Waals surface area contributed by atoms with E-state index in [-0.39, 0.29) is 11.8 Å². The van der Waals surface area contributed by atoms with Crippen LogP contribution in [0.15, 0.2) is 36.4 Å². The van der Waals surface area contributed by atoms with E-state index in [9.17, 15) is 9.59 Å². The van der Waals surface area contributed by atoms with Crippen LogP contribution < -0.4 is 10.2 Å². The second-order valence-electron chi connectivity index (χ2n) is 8.78. The van der Waals surface area contributed by atoms with Crippen molar-refractivity contribution in [2.45, 2.75) is 46.5 Å². The number of nitrogens with one attached hydrogen (secondary N) is 1. The molecule has 1 saturated heterocycles. The molecule has 4 rings (SSSR count). The number of piperazine rings is 1. The Hall–Kier alpha value is -2.93. The molecule has 6 nitrogen and oxygen atoms in total. The van der Waals surface area contributed by atoms with Gasteiger partial charge >= 0.3 is 0 Å². The maximum atomic E-state index is 12.8. The van der Waals surface area contributed by atoms with E-state index in [1.165, 1.54) is 28.2 Å². The summed E-state index contributed by atoms with van der Waals surface area (Å²) in [5, 5.41) is 3.51. The Kier molecular flexibility index (Phi) is 7.28. The highest BCUT2D eigenvalue weighted by atomic mass is 32.1. The minimum Gasteiger partial charge on any atom is -0.368 e. The lowest BCUT2D eigenvalue weighted by Crippen LogP contribution is -2.49. The number of amides is 2. The maximum Gasteiger partial charge on any atom is 0.226 e. The largest absolute Gasteiger partial charge is 0.368 e. The molecule has 1 aliphatic heterocycles. The number of carbonyl (C=O) groups excluding carboxylic acids is 2. The minimum atomic E-state index is 0.0000305. The molecule has 1 aliphatic rings. The first kappa shape index (κ1) is 23.2. The molecule has 1 aromatic heterocycles. The van der Waals surface area contributed by atoms with Crippen LogP contribution in [0.5, 0.6) is 0 Å². The molecule has 2 aromatic carbocycles. The summed E-state index contributed by atoms with van der Waals surface area (Å²) in [6.45, 7) is 9.52. The Morgan fingerprint density at radius 1 is 1.03 bits per heavy atom. The zero-order valence-electron chi connectivity index (χ0n) is 19.7. The van der Waals surface area contributed by atoms with Gasteiger partial charge in [0.05, 0.1) is 10.2 Å². The predicted molar refractivity (Wildman–Crippen MR) is 136 cm³/mol. The zero-order valence-corrected chi connectivity index (χ0v) is 20.5. The van der Waals surface area contributed by atoms with Crippen molar-refractivity contribution < 1.29 is 9.59 Å². The van der Waals surface area contributed by atoms with Gasteiger partial charge in [-0.2, -0.15) is 0 Å². The van der Waals surface area contributed by atoms with E-state index in [1.807, 2.05) is 24.0 Å². The Bertz CT molecular complexity index is 1150. The van der Waals surface area contributed by atoms with Crippen LogP contribution in [0, 0.1) is 13.8 Å². The molecule has 0 atom stereocenters. The first-order chi connectivity index (χ1) is 15.9. The lowest BCUT2D eigenvalue weighted by Gasteiger charge is -2.37. The zero-order chi connectivity index (χ0) is 23.4. The Morgan fingerprint density at radius 3 is 2.58 bits per heavy atom. The molecular formula is C26H32N4O2S. The minimum absolute atomic E-state index is 0.0000305. The van der Waals surface area contributed by atoms with Crippen molar-refractivity contribution in [1.29, 1.82) is 0 Å². The van der Waals surface area contributed by atoms with E-state index in [1.54, 1.807) is 0 Å². The lowest BCUT2D eigenvalue weighted by atomic mass is 10.1. The van der Waals surface area contributed by atoms with Gasteiger partial charge in [-0.1, -0.05) is 36.5 Å². The van der Waals surface area contributed by atoms with Gasteiger partial charge in [-0.25, -0.2) is 4.98 Å². The maximum absolute atomic E-state index is 12.8. The van der Waals surface area contributed by atoms with Crippen LogP contribution in [0.1, 0.15) is 42.9 Å². The number of carbonyl (C=O) groups is 2. The smallest absolute Gasteiger partial charge is 0.226 e. The number of aromatic nitrogens is 1. The average molecular weight is 465 g/mol. The number of thiazole rings is 1. The molecule has 0 radical (unpaired) electrons. The topological polar surface area (TPSA) is 65.5 Å². The summed E-state index contributed by atoms with van der Waals surface area (Å²) < 4.78 is 1.04. The molecule has 0 unspecified atom stereocenters. The van der Waals surface area contributed by atoms with Crippen LogP contribution in [0.4, 0.5) is 10.8 Å². The summed E-state index contributed by atoms with van der Waals surface area (Å²) in [5.74, 6) is 0.215. The molecule has 1 fully saturated rings. The van der Waals surface area contributed by atoms with Crippen LogP contribution in [-0.4, -0.2) is 47.9 Å². The van der Waals surface area contributed by atoms with Crippen molar-refractivity contribution in [2.24, 2.45) is 0 Å². The molecule has 33 heavy (non-hydrogen) atoms. The normalized spacial score (nSPS) is 14.0. The monoisotopic (exact) mass is 464 g/mol. The van der Waals surface area contributed by atoms with Crippen molar-refractivity contribution in [3.05, 3.63) is 53.1 Å². The molecule has 1 N–H and O–H groups in total. The first-order valence-electron chi connectivity index (χ1n) is 11.7. The van der Waals surface area contributed by atoms with Crippen LogP contribution in [0.3, 0.4) is 0 Å². The fraction of sp³-hybridized carbons (Fsp3) is 0.423. The summed E-state index contributed by atoms with van der Waals surface area (Å²) in [6, 6.07) is 12.7. The van der Waals surface area contributed by atoms with Crippen LogP contribution in [0.2, 0.25) is 0 Å². The number of hydrogen-bond acceptors (Lipinski definition) is 5. The fourth-order valence-corrected chi connectivity index (χ4v) is 5.20. The second-order valence-corrected chi connectivity index (χ2v) is 9.81. The third-order valence-corrected chi connectivity index (χ3v) is 7.08. The number of hydrogen-bond donors (Lipinski definition) is 1. The van der Waals surface area contributed by atoms with Gasteiger partial charge in [-0.05, 0) is 61.6 Å². The molecule has 2 heterocycles. The fourth-order valence-electron chi connectivity index (χ4n) is 4.25. The van der Waals surface area contributed by atoms with Crippen molar-refractivity contribution in [3.8, 4) is 0 Å². The standard InChI is InChI=1S/C26H32N4O2S/c1-4-5-24(31)28-26-27-21-10-8-20(17-23(21)33-26)9-11-25(32)30-14-12-29(13-15-30)22-16-18(2)6-7-19(22)3/h6-8,10,16-17H,4-5,9,11-15H2,1-3H3,(H,27,28,31). The number of anilines is 2. The van der Waals surface area contributed by atoms with Gasteiger partial charge in [0, 0.05) is 44.7 Å². The number of nitrogens with zero attached hydrogens (tertiary/aromatic N) is 3. The molecule has 0 spiro atoms. The summed E-state index contributed by atoms with van der Waals surface area (Å²) in [5.41, 5.74) is 5.84. The van der Waals surface area contributed by atoms with E-state index in [0.717, 1.165) is 48.4 Å². The molecule has 174 valence electrons. The van der Waals surface area contributed by atoms with Gasteiger partial charge in [0.25, 0.3) is 0 Å². The quantitative estimate of drug-likeness (QED) is 0.538. The van der Waals surface area contributed by atoms with Crippen molar-refractivity contribution in [3.63, 3.8) is 0 Å². The van der Waals surface area contributed by atoms with Gasteiger partial charge in [0.15, 0.2) is 5.13 Å². The SMILES string of the molecule is CCCC(=O)Nc1nc2ccc(CCC(=O)N3CCN(c4cc(C)ccc4C)CC3)cc2s1. The van der Waals surface area contributed by atoms with Gasteiger partial charge in [0.2, 0.25) is 11.8 Å². The van der Waals surface area contributed by atoms with Gasteiger partial charge in [-0.3, -0.25) is 9.59 Å². The number of rotatable bonds is 7. The highest BCUT2D eigenvalue weighted by molar-refractivity contribution is 7.22. The van der Waals surface area contributed by atoms with E-state index >= 15 is 0 Å². The molecule has 0 bridgehead atoms. The lowest BCUT2D eigenvalue weighted by molar-refractivity contribution is -0.131. The van der Waals surface area contributed by atoms with Gasteiger partial charge < -0.3 is 15.1 Å². The summed E-state index contributed by atoms with van der Waals surface area (Å²) in [4.78, 5) is 33.5. The van der Waals surface area contributed by atoms with E-state index < -0.39 is 0 Å². The molecule has 2 amide bonds. The third kappa shape index (κ3) is 5.71. The van der Waals surface area contributed by atoms with E-state index in [2.05, 4.69) is 53.3 Å². The van der Waals surface area contributed by atoms with Gasteiger partial charge in [-0.15, -0.1) is 0 Å². The molecular weight excluding hydrogens is 432 g/mol. The van der Waals surface area contributed by atoms with Crippen molar-refractivity contribution in [2.75, 3.05) is 36.4 Å². The summed E-state index contributed by atoms with van der Waals surface area (Å²) in [6.07, 6.45) is 2.53. The summed E-state index contributed by atoms with van der Waals surface area (Å²) in [7, 11) is 0. The van der Waals surface area contributed by atoms with Crippen molar-refractivity contribution in [1.82, 2.24) is 9.88 Å². The van der Waals surface area contributed by atoms with Crippen LogP contribution in [0.25, 0.3) is 10.2 Å². The third-order valence-electron chi connectivity index (χ3n) is 6.14. The van der Waals surface area contributed by atoms with E-state index in [4.69, 9.17) is 0 Å². The Balaban J connectivity index is 1.30. The summed E-state index contributed by atoms with van der Waals surface area (Å²) >= 11 is 1.48. The second kappa shape index (κ2) is 10.3. The Labute approximate surface area is 199 Å². The van der Waals surface area contributed by atoms with Crippen molar-refractivity contribution >= 4 is 44.2 Å². The highest BCUT2D eigenvalue weighted by Crippen LogP contribution is 2.28. The van der Waals surface area contributed by atoms with E-state index in [0.29, 0.717) is 24.4 Å². The van der Waals surface area contributed by atoms with Crippen LogP contribution in [-0.2, 0) is 16.0 Å². The number of aryl methyl sites for hydroxylation is 3. The van der Waals surface area contributed by atoms with Crippen LogP contribution >= 0.6 is 11.3 Å². The number of benzene rings is 2. The molecule has 3 aromatic rings.